The van der Waals surface area contributed by atoms with Crippen LogP contribution in [0.1, 0.15) is 36.0 Å². The highest BCUT2D eigenvalue weighted by atomic mass is 19.3. The molecule has 0 spiro atoms. The van der Waals surface area contributed by atoms with Crippen molar-refractivity contribution in [3.05, 3.63) is 53.6 Å². The van der Waals surface area contributed by atoms with Gasteiger partial charge in [0.1, 0.15) is 23.4 Å². The van der Waals surface area contributed by atoms with Crippen molar-refractivity contribution in [2.24, 2.45) is 5.92 Å². The van der Waals surface area contributed by atoms with Gasteiger partial charge in [0.05, 0.1) is 0 Å². The molecule has 1 fully saturated rings. The molecule has 7 heteroatoms. The van der Waals surface area contributed by atoms with Crippen LogP contribution in [-0.2, 0) is 9.47 Å². The van der Waals surface area contributed by atoms with Gasteiger partial charge in [0.25, 0.3) is 0 Å². The lowest BCUT2D eigenvalue weighted by Gasteiger charge is -2.36. The molecule has 1 aliphatic heterocycles. The molecule has 0 bridgehead atoms. The summed E-state index contributed by atoms with van der Waals surface area (Å²) in [7, 11) is 3.08. The molecule has 156 valence electrons. The second-order valence-electron chi connectivity index (χ2n) is 7.44. The van der Waals surface area contributed by atoms with E-state index in [9.17, 15) is 8.78 Å². The van der Waals surface area contributed by atoms with Crippen molar-refractivity contribution in [2.45, 2.75) is 30.8 Å². The van der Waals surface area contributed by atoms with Gasteiger partial charge in [-0.3, -0.25) is 0 Å². The van der Waals surface area contributed by atoms with Crippen LogP contribution in [0.3, 0.4) is 0 Å². The molecule has 0 aromatic heterocycles. The second-order valence-corrected chi connectivity index (χ2v) is 7.44. The molecule has 2 aromatic rings. The number of methoxy groups -OCH3 is 2. The molecule has 2 aliphatic rings. The van der Waals surface area contributed by atoms with Gasteiger partial charge in [-0.1, -0.05) is 12.1 Å². The van der Waals surface area contributed by atoms with Gasteiger partial charge >= 0.3 is 0 Å². The molecule has 4 rings (SSSR count). The van der Waals surface area contributed by atoms with Gasteiger partial charge < -0.3 is 23.7 Å². The Morgan fingerprint density at radius 3 is 2.28 bits per heavy atom. The lowest BCUT2D eigenvalue weighted by Crippen LogP contribution is -2.27. The molecular weight excluding hydrogens is 382 g/mol. The molecule has 0 radical (unpaired) electrons. The highest BCUT2D eigenvalue weighted by molar-refractivity contribution is 5.46. The van der Waals surface area contributed by atoms with Gasteiger partial charge in [-0.15, -0.1) is 0 Å². The van der Waals surface area contributed by atoms with Gasteiger partial charge in [-0.2, -0.15) is 0 Å². The first-order valence-corrected chi connectivity index (χ1v) is 9.52. The summed E-state index contributed by atoms with van der Waals surface area (Å²) in [6, 6.07) is 12.7. The van der Waals surface area contributed by atoms with Crippen molar-refractivity contribution >= 4 is 0 Å². The third-order valence-corrected chi connectivity index (χ3v) is 5.49. The van der Waals surface area contributed by atoms with E-state index in [2.05, 4.69) is 0 Å². The van der Waals surface area contributed by atoms with Crippen molar-refractivity contribution in [3.8, 4) is 17.2 Å². The minimum atomic E-state index is -2.72. The number of alkyl halides is 2. The third kappa shape index (κ3) is 4.16. The zero-order valence-electron chi connectivity index (χ0n) is 16.4. The molecule has 5 nitrogen and oxygen atoms in total. The average molecular weight is 406 g/mol. The van der Waals surface area contributed by atoms with E-state index < -0.39 is 12.0 Å². The van der Waals surface area contributed by atoms with Gasteiger partial charge in [0, 0.05) is 44.5 Å². The Morgan fingerprint density at radius 2 is 1.59 bits per heavy atom. The molecule has 29 heavy (non-hydrogen) atoms. The number of benzene rings is 2. The summed E-state index contributed by atoms with van der Waals surface area (Å²) < 4.78 is 55.7. The topological polar surface area (TPSA) is 46.2 Å². The highest BCUT2D eigenvalue weighted by Gasteiger charge is 2.53. The van der Waals surface area contributed by atoms with E-state index in [1.54, 1.807) is 37.4 Å². The number of hydrogen-bond acceptors (Lipinski definition) is 5. The molecule has 1 aliphatic carbocycles. The molecule has 0 unspecified atom stereocenters. The number of hydrogen-bond donors (Lipinski definition) is 0. The smallest absolute Gasteiger partial charge is 0.249 e. The largest absolute Gasteiger partial charge is 0.485 e. The summed E-state index contributed by atoms with van der Waals surface area (Å²) in [5.41, 5.74) is 1.63. The number of fused-ring (bicyclic) bond motifs is 3. The van der Waals surface area contributed by atoms with Crippen LogP contribution in [0.5, 0.6) is 17.2 Å². The van der Waals surface area contributed by atoms with Crippen LogP contribution < -0.4 is 14.2 Å². The molecule has 2 aromatic carbocycles. The van der Waals surface area contributed by atoms with Crippen LogP contribution in [0.15, 0.2) is 42.5 Å². The molecule has 3 atom stereocenters. The van der Waals surface area contributed by atoms with Crippen LogP contribution in [-0.4, -0.2) is 33.7 Å². The van der Waals surface area contributed by atoms with Crippen molar-refractivity contribution in [3.63, 3.8) is 0 Å². The Morgan fingerprint density at radius 1 is 0.931 bits per heavy atom. The molecule has 1 heterocycles. The maximum Gasteiger partial charge on any atom is 0.249 e. The van der Waals surface area contributed by atoms with Crippen LogP contribution in [0.4, 0.5) is 8.78 Å². The zero-order chi connectivity index (χ0) is 20.4. The standard InChI is InChI=1S/C22H24F2O5/c1-25-12-27-15-5-3-14(4-6-15)21-19-11-22(23,24)10-18(19)17-9-16(28-13-26-2)7-8-20(17)29-21/h3-9,18-19,21H,10-13H2,1-2H3/t18-,19-,21-/m1/s1. The highest BCUT2D eigenvalue weighted by Crippen LogP contribution is 2.58. The average Bonchev–Trinajstić information content (AvgIpc) is 3.06. The summed E-state index contributed by atoms with van der Waals surface area (Å²) in [6.45, 7) is 0.251. The predicted octanol–water partition coefficient (Wildman–Crippen LogP) is 4.91. The number of halogens is 2. The number of ether oxygens (including phenoxy) is 5. The zero-order valence-corrected chi connectivity index (χ0v) is 16.4. The minimum Gasteiger partial charge on any atom is -0.485 e. The van der Waals surface area contributed by atoms with Crippen LogP contribution >= 0.6 is 0 Å². The quantitative estimate of drug-likeness (QED) is 0.611. The summed E-state index contributed by atoms with van der Waals surface area (Å²) in [5, 5.41) is 0. The first-order chi connectivity index (χ1) is 14.0. The van der Waals surface area contributed by atoms with E-state index in [1.165, 1.54) is 7.11 Å². The first-order valence-electron chi connectivity index (χ1n) is 9.52. The monoisotopic (exact) mass is 406 g/mol. The van der Waals surface area contributed by atoms with Gasteiger partial charge in [0.15, 0.2) is 13.6 Å². The summed E-state index contributed by atoms with van der Waals surface area (Å²) in [6.07, 6.45) is -0.830. The molecule has 0 saturated heterocycles. The lowest BCUT2D eigenvalue weighted by atomic mass is 9.80. The summed E-state index contributed by atoms with van der Waals surface area (Å²) >= 11 is 0. The normalized spacial score (nSPS) is 24.3. The maximum absolute atomic E-state index is 14.4. The van der Waals surface area contributed by atoms with Crippen LogP contribution in [0.2, 0.25) is 0 Å². The molecule has 0 N–H and O–H groups in total. The van der Waals surface area contributed by atoms with Gasteiger partial charge in [-0.25, -0.2) is 8.78 Å². The van der Waals surface area contributed by atoms with Crippen molar-refractivity contribution in [2.75, 3.05) is 27.8 Å². The van der Waals surface area contributed by atoms with Crippen molar-refractivity contribution in [1.29, 1.82) is 0 Å². The first kappa shape index (κ1) is 19.9. The molecular formula is C22H24F2O5. The molecule has 0 amide bonds. The fraction of sp³-hybridized carbons (Fsp3) is 0.455. The maximum atomic E-state index is 14.4. The summed E-state index contributed by atoms with van der Waals surface area (Å²) in [4.78, 5) is 0. The Labute approximate surface area is 168 Å². The number of rotatable bonds is 7. The second kappa shape index (κ2) is 8.16. The minimum absolute atomic E-state index is 0.101. The van der Waals surface area contributed by atoms with Crippen LogP contribution in [0, 0.1) is 5.92 Å². The Bertz CT molecular complexity index is 840. The van der Waals surface area contributed by atoms with Gasteiger partial charge in [0.2, 0.25) is 5.92 Å². The van der Waals surface area contributed by atoms with Crippen molar-refractivity contribution in [1.82, 2.24) is 0 Å². The van der Waals surface area contributed by atoms with Crippen molar-refractivity contribution < 1.29 is 32.5 Å². The fourth-order valence-electron chi connectivity index (χ4n) is 4.26. The Hall–Kier alpha value is -2.38. The van der Waals surface area contributed by atoms with E-state index in [0.29, 0.717) is 17.2 Å². The van der Waals surface area contributed by atoms with E-state index in [4.69, 9.17) is 23.7 Å². The van der Waals surface area contributed by atoms with E-state index in [0.717, 1.165) is 11.1 Å². The van der Waals surface area contributed by atoms with Gasteiger partial charge in [-0.05, 0) is 35.9 Å². The third-order valence-electron chi connectivity index (χ3n) is 5.49. The SMILES string of the molecule is COCOc1ccc([C@H]2Oc3ccc(OCOC)cc3[C@H]3CC(F)(F)C[C@H]32)cc1. The van der Waals surface area contributed by atoms with Crippen LogP contribution in [0.25, 0.3) is 0 Å². The molecule has 1 saturated carbocycles. The fourth-order valence-corrected chi connectivity index (χ4v) is 4.26. The van der Waals surface area contributed by atoms with E-state index in [-0.39, 0.29) is 38.3 Å². The predicted molar refractivity (Wildman–Crippen MR) is 102 cm³/mol. The Kier molecular flexibility index (Phi) is 5.61. The summed E-state index contributed by atoms with van der Waals surface area (Å²) in [5.74, 6) is -1.47. The van der Waals surface area contributed by atoms with E-state index in [1.807, 2.05) is 12.1 Å². The van der Waals surface area contributed by atoms with E-state index >= 15 is 0 Å². The lowest BCUT2D eigenvalue weighted by molar-refractivity contribution is -0.00233. The Balaban J connectivity index is 1.63.